The van der Waals surface area contributed by atoms with Crippen molar-refractivity contribution in [3.8, 4) is 11.1 Å². The van der Waals surface area contributed by atoms with E-state index in [-0.39, 0.29) is 5.57 Å². The molecule has 1 aromatic heterocycles. The summed E-state index contributed by atoms with van der Waals surface area (Å²) < 4.78 is 49.4. The second kappa shape index (κ2) is 7.93. The first-order valence-electron chi connectivity index (χ1n) is 9.16. The van der Waals surface area contributed by atoms with Crippen molar-refractivity contribution < 1.29 is 32.2 Å². The summed E-state index contributed by atoms with van der Waals surface area (Å²) in [5.74, 6) is -2.60. The van der Waals surface area contributed by atoms with E-state index in [1.54, 1.807) is 43.3 Å². The highest BCUT2D eigenvalue weighted by molar-refractivity contribution is 6.15. The van der Waals surface area contributed by atoms with Gasteiger partial charge >= 0.3 is 18.1 Å². The highest BCUT2D eigenvalue weighted by atomic mass is 19.4. The molecule has 31 heavy (non-hydrogen) atoms. The summed E-state index contributed by atoms with van der Waals surface area (Å²) in [6, 6.07) is 7.44. The fourth-order valence-corrected chi connectivity index (χ4v) is 2.86. The Balaban J connectivity index is 1.86. The summed E-state index contributed by atoms with van der Waals surface area (Å²) in [7, 11) is 3.37. The van der Waals surface area contributed by atoms with Crippen LogP contribution in [0.3, 0.4) is 0 Å². The number of hydrogen-bond donors (Lipinski definition) is 1. The van der Waals surface area contributed by atoms with Gasteiger partial charge in [-0.25, -0.2) is 14.6 Å². The summed E-state index contributed by atoms with van der Waals surface area (Å²) in [5.41, 5.74) is 0.163. The zero-order chi connectivity index (χ0) is 23.0. The number of ether oxygens (including phenoxy) is 2. The minimum absolute atomic E-state index is 0.305. The first kappa shape index (κ1) is 22.1. The third-order valence-corrected chi connectivity index (χ3v) is 4.31. The smallest absolute Gasteiger partial charge is 0.417 e. The maximum absolute atomic E-state index is 13.1. The molecule has 0 atom stereocenters. The zero-order valence-electron chi connectivity index (χ0n) is 17.2. The van der Waals surface area contributed by atoms with Crippen LogP contribution in [-0.4, -0.2) is 36.8 Å². The van der Waals surface area contributed by atoms with Crippen molar-refractivity contribution in [1.29, 1.82) is 0 Å². The first-order valence-corrected chi connectivity index (χ1v) is 9.16. The predicted molar refractivity (Wildman–Crippen MR) is 107 cm³/mol. The molecule has 1 N–H and O–H groups in total. The number of esters is 2. The second-order valence-corrected chi connectivity index (χ2v) is 7.45. The topological polar surface area (TPSA) is 80.8 Å². The lowest BCUT2D eigenvalue weighted by atomic mass is 10.0. The van der Waals surface area contributed by atoms with Crippen LogP contribution in [0.5, 0.6) is 0 Å². The number of nitrogens with one attached hydrogen (secondary N) is 1. The van der Waals surface area contributed by atoms with Crippen molar-refractivity contribution in [1.82, 2.24) is 4.98 Å². The van der Waals surface area contributed by atoms with Crippen LogP contribution in [0.25, 0.3) is 11.1 Å². The van der Waals surface area contributed by atoms with E-state index in [2.05, 4.69) is 10.3 Å². The molecule has 0 unspecified atom stereocenters. The Labute approximate surface area is 176 Å². The van der Waals surface area contributed by atoms with Crippen LogP contribution in [0.15, 0.2) is 48.3 Å². The molecule has 1 aliphatic rings. The van der Waals surface area contributed by atoms with Gasteiger partial charge in [0, 0.05) is 51.6 Å². The average Bonchev–Trinajstić information content (AvgIpc) is 2.65. The van der Waals surface area contributed by atoms with E-state index in [1.165, 1.54) is 13.8 Å². The van der Waals surface area contributed by atoms with E-state index in [0.29, 0.717) is 22.6 Å². The van der Waals surface area contributed by atoms with Gasteiger partial charge in [-0.05, 0) is 23.8 Å². The summed E-state index contributed by atoms with van der Waals surface area (Å²) in [6.07, 6.45) is -2.56. The van der Waals surface area contributed by atoms with Crippen LogP contribution >= 0.6 is 0 Å². The Bertz CT molecular complexity index is 1020. The molecule has 0 amide bonds. The molecule has 164 valence electrons. The van der Waals surface area contributed by atoms with Crippen molar-refractivity contribution in [2.45, 2.75) is 25.8 Å². The van der Waals surface area contributed by atoms with Crippen LogP contribution in [0.2, 0.25) is 0 Å². The number of hydrogen-bond acceptors (Lipinski definition) is 7. The van der Waals surface area contributed by atoms with Gasteiger partial charge in [-0.15, -0.1) is 0 Å². The molecule has 2 heterocycles. The van der Waals surface area contributed by atoms with Gasteiger partial charge in [-0.2, -0.15) is 13.2 Å². The van der Waals surface area contributed by atoms with Crippen molar-refractivity contribution >= 4 is 23.4 Å². The van der Waals surface area contributed by atoms with E-state index in [9.17, 15) is 22.8 Å². The number of anilines is 2. The molecular weight excluding hydrogens is 415 g/mol. The third-order valence-electron chi connectivity index (χ3n) is 4.31. The van der Waals surface area contributed by atoms with Gasteiger partial charge in [-0.3, -0.25) is 0 Å². The molecule has 1 aromatic carbocycles. The molecule has 0 saturated carbocycles. The molecular formula is C21H20F3N3O4. The normalized spacial score (nSPS) is 15.8. The van der Waals surface area contributed by atoms with Crippen molar-refractivity contribution in [2.75, 3.05) is 24.3 Å². The Morgan fingerprint density at radius 1 is 1.06 bits per heavy atom. The van der Waals surface area contributed by atoms with E-state index in [0.717, 1.165) is 18.5 Å². The molecule has 0 spiro atoms. The lowest BCUT2D eigenvalue weighted by molar-refractivity contribution is -0.222. The number of cyclic esters (lactones) is 2. The van der Waals surface area contributed by atoms with Crippen molar-refractivity contribution in [3.05, 3.63) is 53.9 Å². The van der Waals surface area contributed by atoms with Crippen LogP contribution in [0.1, 0.15) is 19.4 Å². The molecule has 1 aliphatic heterocycles. The SMILES string of the molecule is CN(C)c1ncc(C(F)(F)F)cc1-c1ccc(NC=C2C(=O)OC(C)(C)OC2=O)cc1. The lowest BCUT2D eigenvalue weighted by Gasteiger charge is -2.29. The van der Waals surface area contributed by atoms with Gasteiger partial charge in [0.15, 0.2) is 5.57 Å². The fraction of sp³-hybridized carbons (Fsp3) is 0.286. The molecule has 0 bridgehead atoms. The van der Waals surface area contributed by atoms with E-state index >= 15 is 0 Å². The third kappa shape index (κ3) is 4.96. The monoisotopic (exact) mass is 435 g/mol. The van der Waals surface area contributed by atoms with E-state index < -0.39 is 29.5 Å². The molecule has 1 fully saturated rings. The van der Waals surface area contributed by atoms with Gasteiger partial charge in [0.1, 0.15) is 5.82 Å². The maximum atomic E-state index is 13.1. The Morgan fingerprint density at radius 3 is 2.16 bits per heavy atom. The van der Waals surface area contributed by atoms with Crippen LogP contribution < -0.4 is 10.2 Å². The minimum Gasteiger partial charge on any atom is -0.419 e. The highest BCUT2D eigenvalue weighted by Gasteiger charge is 2.39. The lowest BCUT2D eigenvalue weighted by Crippen LogP contribution is -2.42. The number of carbonyl (C=O) groups excluding carboxylic acids is 2. The largest absolute Gasteiger partial charge is 0.419 e. The summed E-state index contributed by atoms with van der Waals surface area (Å²) >= 11 is 0. The van der Waals surface area contributed by atoms with Gasteiger partial charge in [0.2, 0.25) is 0 Å². The number of benzene rings is 1. The molecule has 2 aromatic rings. The van der Waals surface area contributed by atoms with Crippen LogP contribution in [0, 0.1) is 0 Å². The van der Waals surface area contributed by atoms with Gasteiger partial charge < -0.3 is 19.7 Å². The zero-order valence-corrected chi connectivity index (χ0v) is 17.2. The number of halogens is 3. The molecule has 1 saturated heterocycles. The Kier molecular flexibility index (Phi) is 5.66. The fourth-order valence-electron chi connectivity index (χ4n) is 2.86. The van der Waals surface area contributed by atoms with Crippen LogP contribution in [0.4, 0.5) is 24.7 Å². The summed E-state index contributed by atoms with van der Waals surface area (Å²) in [6.45, 7) is 2.88. The average molecular weight is 435 g/mol. The van der Waals surface area contributed by atoms with Gasteiger partial charge in [-0.1, -0.05) is 12.1 Å². The standard InChI is InChI=1S/C21H20F3N3O4/c1-20(2)30-18(28)16(19(29)31-20)11-25-14-7-5-12(6-8-14)15-9-13(21(22,23)24)10-26-17(15)27(3)4/h5-11,25H,1-4H3. The summed E-state index contributed by atoms with van der Waals surface area (Å²) in [4.78, 5) is 29.5. The van der Waals surface area contributed by atoms with E-state index in [4.69, 9.17) is 9.47 Å². The number of pyridine rings is 1. The van der Waals surface area contributed by atoms with E-state index in [1.807, 2.05) is 0 Å². The Hall–Kier alpha value is -3.56. The molecule has 10 heteroatoms. The number of carbonyl (C=O) groups is 2. The number of alkyl halides is 3. The highest BCUT2D eigenvalue weighted by Crippen LogP contribution is 2.36. The number of nitrogens with zero attached hydrogens (tertiary/aromatic N) is 2. The second-order valence-electron chi connectivity index (χ2n) is 7.45. The van der Waals surface area contributed by atoms with Crippen molar-refractivity contribution in [2.24, 2.45) is 0 Å². The van der Waals surface area contributed by atoms with Crippen LogP contribution in [-0.2, 0) is 25.2 Å². The minimum atomic E-state index is -4.52. The predicted octanol–water partition coefficient (Wildman–Crippen LogP) is 3.97. The molecule has 0 aliphatic carbocycles. The quantitative estimate of drug-likeness (QED) is 0.442. The summed E-state index contributed by atoms with van der Waals surface area (Å²) in [5, 5.41) is 2.78. The van der Waals surface area contributed by atoms with Crippen molar-refractivity contribution in [3.63, 3.8) is 0 Å². The maximum Gasteiger partial charge on any atom is 0.417 e. The van der Waals surface area contributed by atoms with Gasteiger partial charge in [0.25, 0.3) is 5.79 Å². The molecule has 3 rings (SSSR count). The number of aromatic nitrogens is 1. The Morgan fingerprint density at radius 2 is 1.65 bits per heavy atom. The molecule has 0 radical (unpaired) electrons. The molecule has 7 nitrogen and oxygen atoms in total. The van der Waals surface area contributed by atoms with Gasteiger partial charge in [0.05, 0.1) is 5.56 Å². The first-order chi connectivity index (χ1) is 14.4. The number of rotatable bonds is 4.